The zero-order chi connectivity index (χ0) is 11.4. The molecule has 1 rings (SSSR count). The minimum absolute atomic E-state index is 0. The van der Waals surface area contributed by atoms with E-state index in [1.165, 1.54) is 0 Å². The van der Waals surface area contributed by atoms with Gasteiger partial charge in [-0.25, -0.2) is 0 Å². The summed E-state index contributed by atoms with van der Waals surface area (Å²) in [6.07, 6.45) is -0.668. The summed E-state index contributed by atoms with van der Waals surface area (Å²) in [6.45, 7) is 6.20. The molecule has 0 spiro atoms. The van der Waals surface area contributed by atoms with E-state index in [0.717, 1.165) is 5.56 Å². The van der Waals surface area contributed by atoms with Gasteiger partial charge in [-0.2, -0.15) is 0 Å². The topological polar surface area (TPSA) is 26.3 Å². The maximum atomic E-state index is 12.1. The molecule has 0 radical (unpaired) electrons. The van der Waals surface area contributed by atoms with E-state index < -0.39 is 6.10 Å². The third-order valence-corrected chi connectivity index (χ3v) is 3.02. The molecule has 0 fully saturated rings. The van der Waals surface area contributed by atoms with Crippen LogP contribution >= 0.6 is 0 Å². The third kappa shape index (κ3) is 5.58. The van der Waals surface area contributed by atoms with Gasteiger partial charge in [-0.05, 0) is 26.9 Å². The third-order valence-electron chi connectivity index (χ3n) is 3.02. The summed E-state index contributed by atoms with van der Waals surface area (Å²) >= 11 is 0. The quantitative estimate of drug-likeness (QED) is 0.616. The van der Waals surface area contributed by atoms with Crippen LogP contribution < -0.4 is 17.5 Å². The summed E-state index contributed by atoms with van der Waals surface area (Å²) in [7, 11) is 2.00. The molecule has 0 heterocycles. The zero-order valence-electron chi connectivity index (χ0n) is 11.1. The van der Waals surface area contributed by atoms with Crippen molar-refractivity contribution in [2.45, 2.75) is 39.0 Å². The Kier molecular flexibility index (Phi) is 10.5. The fraction of sp³-hybridized carbons (Fsp3) is 0.538. The molecule has 0 unspecified atom stereocenters. The Labute approximate surface area is 127 Å². The monoisotopic (exact) mass is 265 g/mol. The number of benzene rings is 1. The first-order chi connectivity index (χ1) is 7.04. The largest absolute Gasteiger partial charge is 2.00 e. The molecule has 0 aliphatic carbocycles. The number of rotatable bonds is 4. The van der Waals surface area contributed by atoms with Crippen LogP contribution in [0.3, 0.4) is 0 Å². The fourth-order valence-corrected chi connectivity index (χ4v) is 1.61. The second-order valence-corrected chi connectivity index (χ2v) is 4.33. The van der Waals surface area contributed by atoms with Crippen LogP contribution in [0.4, 0.5) is 0 Å². The van der Waals surface area contributed by atoms with Gasteiger partial charge in [0.05, 0.1) is 0 Å². The first-order valence-corrected chi connectivity index (χ1v) is 5.46. The predicted octanol–water partition coefficient (Wildman–Crippen LogP) is -1.56. The van der Waals surface area contributed by atoms with E-state index in [9.17, 15) is 5.11 Å². The molecular weight excluding hydrogens is 246 g/mol. The van der Waals surface area contributed by atoms with Crippen LogP contribution in [0.5, 0.6) is 0 Å². The van der Waals surface area contributed by atoms with Crippen LogP contribution in [0.25, 0.3) is 0 Å². The number of likely N-dealkylation sites (N-methyl/N-ethyl adjacent to an activating group) is 1. The van der Waals surface area contributed by atoms with Crippen LogP contribution in [-0.2, 0) is 0 Å². The molecular formula is C13H20ClMgNO. The molecule has 0 N–H and O–H groups in total. The van der Waals surface area contributed by atoms with Gasteiger partial charge >= 0.3 is 23.1 Å². The predicted molar refractivity (Wildman–Crippen MR) is 67.3 cm³/mol. The summed E-state index contributed by atoms with van der Waals surface area (Å²) in [5, 5.41) is 12.1. The van der Waals surface area contributed by atoms with Crippen molar-refractivity contribution >= 4 is 23.1 Å². The Bertz CT molecular complexity index is 295. The molecule has 0 saturated carbocycles. The summed E-state index contributed by atoms with van der Waals surface area (Å²) < 4.78 is 0. The first-order valence-electron chi connectivity index (χ1n) is 5.46. The van der Waals surface area contributed by atoms with Crippen LogP contribution in [0.2, 0.25) is 0 Å². The molecule has 0 aliphatic heterocycles. The number of hydrogen-bond acceptors (Lipinski definition) is 2. The summed E-state index contributed by atoms with van der Waals surface area (Å²) in [4.78, 5) is 2.12. The van der Waals surface area contributed by atoms with Gasteiger partial charge in [-0.3, -0.25) is 0 Å². The van der Waals surface area contributed by atoms with Gasteiger partial charge in [-0.15, -0.1) is 0 Å². The number of hydrogen-bond donors (Lipinski definition) is 0. The van der Waals surface area contributed by atoms with Gasteiger partial charge in [0, 0.05) is 6.04 Å². The molecule has 1 aromatic rings. The van der Waals surface area contributed by atoms with E-state index in [1.54, 1.807) is 0 Å². The second kappa shape index (κ2) is 9.17. The van der Waals surface area contributed by atoms with Gasteiger partial charge in [0.1, 0.15) is 0 Å². The molecule has 92 valence electrons. The van der Waals surface area contributed by atoms with Gasteiger partial charge in [0.25, 0.3) is 0 Å². The van der Waals surface area contributed by atoms with Crippen molar-refractivity contribution in [3.8, 4) is 0 Å². The molecule has 2 atom stereocenters. The molecule has 0 saturated heterocycles. The van der Waals surface area contributed by atoms with Crippen molar-refractivity contribution in [1.29, 1.82) is 0 Å². The summed E-state index contributed by atoms with van der Waals surface area (Å²) in [5.74, 6) is 0. The fourth-order valence-electron chi connectivity index (χ4n) is 1.61. The molecule has 0 bridgehead atoms. The standard InChI is InChI=1S/C13H20NO.ClH.Mg/c1-10(2)14(4)11(3)13(15)12-8-6-5-7-9-12;;/h5-11,13H,1-4H3;1H;/q-1;;+2/p-1/t11-,13-;;/m0../s1. The molecule has 17 heavy (non-hydrogen) atoms. The van der Waals surface area contributed by atoms with Crippen molar-refractivity contribution in [2.24, 2.45) is 0 Å². The normalized spacial score (nSPS) is 13.8. The molecule has 0 amide bonds. The smallest absolute Gasteiger partial charge is 1.00 e. The number of nitrogens with zero attached hydrogens (tertiary/aromatic N) is 1. The van der Waals surface area contributed by atoms with Crippen LogP contribution in [-0.4, -0.2) is 47.1 Å². The Morgan fingerprint density at radius 3 is 1.94 bits per heavy atom. The van der Waals surface area contributed by atoms with Gasteiger partial charge in [-0.1, -0.05) is 48.9 Å². The number of halogens is 1. The Morgan fingerprint density at radius 1 is 1.06 bits per heavy atom. The average molecular weight is 266 g/mol. The van der Waals surface area contributed by atoms with E-state index in [2.05, 4.69) is 18.7 Å². The summed E-state index contributed by atoms with van der Waals surface area (Å²) in [5.41, 5.74) is 0.873. The van der Waals surface area contributed by atoms with E-state index in [0.29, 0.717) is 6.04 Å². The summed E-state index contributed by atoms with van der Waals surface area (Å²) in [6, 6.07) is 10.0. The van der Waals surface area contributed by atoms with Crippen molar-refractivity contribution in [3.05, 3.63) is 35.9 Å². The maximum absolute atomic E-state index is 12.1. The molecule has 0 aliphatic rings. The van der Waals surface area contributed by atoms with E-state index >= 15 is 0 Å². The van der Waals surface area contributed by atoms with Crippen LogP contribution in [0.15, 0.2) is 30.3 Å². The van der Waals surface area contributed by atoms with Crippen molar-refractivity contribution in [3.63, 3.8) is 0 Å². The molecule has 4 heteroatoms. The SMILES string of the molecule is CC(C)N(C)[C@@H](C)[C@H]([O-])c1ccccc1.[Cl-].[Mg+2]. The Morgan fingerprint density at radius 2 is 1.53 bits per heavy atom. The van der Waals surface area contributed by atoms with E-state index in [4.69, 9.17) is 0 Å². The van der Waals surface area contributed by atoms with Gasteiger partial charge < -0.3 is 22.4 Å². The minimum Gasteiger partial charge on any atom is -1.00 e. The van der Waals surface area contributed by atoms with Crippen molar-refractivity contribution in [1.82, 2.24) is 4.90 Å². The average Bonchev–Trinajstić information content (AvgIpc) is 2.27. The molecule has 2 nitrogen and oxygen atoms in total. The van der Waals surface area contributed by atoms with E-state index in [1.807, 2.05) is 44.3 Å². The van der Waals surface area contributed by atoms with Crippen molar-refractivity contribution < 1.29 is 17.5 Å². The Hall–Kier alpha value is 0.196. The van der Waals surface area contributed by atoms with Crippen molar-refractivity contribution in [2.75, 3.05) is 7.05 Å². The van der Waals surface area contributed by atoms with Crippen LogP contribution in [0, 0.1) is 0 Å². The molecule has 0 aromatic heterocycles. The minimum atomic E-state index is -0.668. The zero-order valence-corrected chi connectivity index (χ0v) is 13.2. The maximum Gasteiger partial charge on any atom is 2.00 e. The first kappa shape index (κ1) is 19.5. The Balaban J connectivity index is 0. The van der Waals surface area contributed by atoms with E-state index in [-0.39, 0.29) is 41.5 Å². The molecule has 1 aromatic carbocycles. The second-order valence-electron chi connectivity index (χ2n) is 4.33. The van der Waals surface area contributed by atoms with Gasteiger partial charge in [0.15, 0.2) is 0 Å². The van der Waals surface area contributed by atoms with Gasteiger partial charge in [0.2, 0.25) is 0 Å². The van der Waals surface area contributed by atoms with Crippen LogP contribution in [0.1, 0.15) is 32.4 Å².